The predicted octanol–water partition coefficient (Wildman–Crippen LogP) is -0.362. The zero-order valence-corrected chi connectivity index (χ0v) is 7.80. The van der Waals surface area contributed by atoms with Gasteiger partial charge in [-0.15, -0.1) is 0 Å². The molecule has 4 heteroatoms. The number of nitrogens with zero attached hydrogens (tertiary/aromatic N) is 2. The molecule has 0 amide bonds. The van der Waals surface area contributed by atoms with E-state index in [2.05, 4.69) is 24.3 Å². The molecule has 0 unspecified atom stereocenters. The van der Waals surface area contributed by atoms with E-state index in [9.17, 15) is 0 Å². The number of rotatable bonds is 6. The Kier molecular flexibility index (Phi) is 6.45. The van der Waals surface area contributed by atoms with Crippen LogP contribution < -0.4 is 11.2 Å². The molecule has 0 aromatic rings. The average molecular weight is 160 g/mol. The lowest BCUT2D eigenvalue weighted by molar-refractivity contribution is -0.0527. The van der Waals surface area contributed by atoms with Crippen molar-refractivity contribution in [3.05, 3.63) is 0 Å². The molecule has 0 aliphatic heterocycles. The third-order valence-corrected chi connectivity index (χ3v) is 1.67. The second-order valence-electron chi connectivity index (χ2n) is 2.27. The summed E-state index contributed by atoms with van der Waals surface area (Å²) in [6.45, 7) is 7.82. The Labute approximate surface area is 69.3 Å². The second-order valence-corrected chi connectivity index (χ2v) is 2.27. The molecule has 0 aromatic heterocycles. The van der Waals surface area contributed by atoms with Crippen LogP contribution in [0.2, 0.25) is 0 Å². The van der Waals surface area contributed by atoms with Crippen molar-refractivity contribution in [3.8, 4) is 0 Å². The van der Waals surface area contributed by atoms with Crippen LogP contribution in [0.5, 0.6) is 0 Å². The highest BCUT2D eigenvalue weighted by Crippen LogP contribution is 1.90. The number of nitrogens with two attached hydrogens (primary N) is 1. The topological polar surface area (TPSA) is 44.5 Å². The third-order valence-electron chi connectivity index (χ3n) is 1.67. The Morgan fingerprint density at radius 3 is 2.09 bits per heavy atom. The van der Waals surface area contributed by atoms with Crippen LogP contribution in [0.4, 0.5) is 0 Å². The molecule has 0 fully saturated rings. The Bertz CT molecular complexity index is 82.5. The Morgan fingerprint density at radius 2 is 1.82 bits per heavy atom. The fourth-order valence-electron chi connectivity index (χ4n) is 1.08. The molecule has 0 spiro atoms. The fraction of sp³-hybridized carbons (Fsp3) is 1.00. The van der Waals surface area contributed by atoms with Crippen LogP contribution in [0.3, 0.4) is 0 Å². The number of hydrazine groups is 2. The second kappa shape index (κ2) is 6.54. The fourth-order valence-corrected chi connectivity index (χ4v) is 1.08. The summed E-state index contributed by atoms with van der Waals surface area (Å²) in [5.41, 5.74) is 8.53. The van der Waals surface area contributed by atoms with Crippen molar-refractivity contribution in [1.82, 2.24) is 15.6 Å². The van der Waals surface area contributed by atoms with E-state index < -0.39 is 0 Å². The van der Waals surface area contributed by atoms with Crippen LogP contribution in [-0.2, 0) is 0 Å². The van der Waals surface area contributed by atoms with Crippen molar-refractivity contribution < 1.29 is 0 Å². The molecular formula is C7H20N4. The van der Waals surface area contributed by atoms with E-state index in [1.54, 1.807) is 0 Å². The van der Waals surface area contributed by atoms with E-state index >= 15 is 0 Å². The first-order valence-electron chi connectivity index (χ1n) is 4.19. The molecule has 0 aliphatic carbocycles. The molecule has 4 nitrogen and oxygen atoms in total. The van der Waals surface area contributed by atoms with Crippen LogP contribution >= 0.6 is 0 Å². The maximum atomic E-state index is 5.44. The number of hydrogen-bond acceptors (Lipinski definition) is 4. The number of nitrogens with one attached hydrogen (secondary N) is 1. The van der Waals surface area contributed by atoms with Crippen molar-refractivity contribution in [2.75, 3.05) is 33.2 Å². The molecule has 11 heavy (non-hydrogen) atoms. The summed E-state index contributed by atoms with van der Waals surface area (Å²) in [5, 5.41) is 4.24. The first kappa shape index (κ1) is 10.8. The van der Waals surface area contributed by atoms with Crippen LogP contribution in [0.25, 0.3) is 0 Å². The van der Waals surface area contributed by atoms with Crippen LogP contribution in [0, 0.1) is 0 Å². The lowest BCUT2D eigenvalue weighted by Gasteiger charge is -2.31. The van der Waals surface area contributed by atoms with Gasteiger partial charge in [-0.2, -0.15) is 5.12 Å². The number of hydrogen-bond donors (Lipinski definition) is 2. The first-order valence-corrected chi connectivity index (χ1v) is 4.19. The molecule has 0 radical (unpaired) electrons. The summed E-state index contributed by atoms with van der Waals surface area (Å²) in [5.74, 6) is 0. The molecule has 0 aliphatic rings. The zero-order chi connectivity index (χ0) is 8.69. The van der Waals surface area contributed by atoms with E-state index in [0.29, 0.717) is 6.54 Å². The minimum Gasteiger partial charge on any atom is -0.329 e. The Hall–Kier alpha value is -0.160. The molecule has 68 valence electrons. The molecule has 0 atom stereocenters. The van der Waals surface area contributed by atoms with E-state index in [0.717, 1.165) is 19.6 Å². The van der Waals surface area contributed by atoms with E-state index in [1.807, 2.05) is 12.2 Å². The van der Waals surface area contributed by atoms with Gasteiger partial charge in [-0.3, -0.25) is 0 Å². The van der Waals surface area contributed by atoms with E-state index in [4.69, 9.17) is 5.73 Å². The summed E-state index contributed by atoms with van der Waals surface area (Å²) >= 11 is 0. The minimum atomic E-state index is 0.678. The van der Waals surface area contributed by atoms with Crippen LogP contribution in [-0.4, -0.2) is 43.4 Å². The van der Waals surface area contributed by atoms with Gasteiger partial charge in [0.15, 0.2) is 0 Å². The summed E-state index contributed by atoms with van der Waals surface area (Å²) in [6, 6.07) is 0. The average Bonchev–Trinajstić information content (AvgIpc) is 2.05. The maximum absolute atomic E-state index is 5.44. The molecule has 3 N–H and O–H groups in total. The first-order chi connectivity index (χ1) is 5.29. The molecular weight excluding hydrogens is 140 g/mol. The van der Waals surface area contributed by atoms with E-state index in [1.165, 1.54) is 0 Å². The van der Waals surface area contributed by atoms with Gasteiger partial charge in [0.25, 0.3) is 0 Å². The molecule has 0 rings (SSSR count). The van der Waals surface area contributed by atoms with Gasteiger partial charge in [-0.1, -0.05) is 13.8 Å². The maximum Gasteiger partial charge on any atom is 0.0413 e. The molecule has 0 saturated heterocycles. The Balaban J connectivity index is 3.76. The normalized spacial score (nSPS) is 11.5. The zero-order valence-electron chi connectivity index (χ0n) is 7.80. The highest BCUT2D eigenvalue weighted by atomic mass is 15.8. The third kappa shape index (κ3) is 3.67. The molecule has 0 bridgehead atoms. The van der Waals surface area contributed by atoms with Crippen molar-refractivity contribution in [2.45, 2.75) is 13.8 Å². The van der Waals surface area contributed by atoms with Gasteiger partial charge in [0.05, 0.1) is 0 Å². The van der Waals surface area contributed by atoms with Gasteiger partial charge in [0, 0.05) is 33.2 Å². The summed E-state index contributed by atoms with van der Waals surface area (Å²) in [7, 11) is 1.91. The van der Waals surface area contributed by atoms with Gasteiger partial charge in [-0.05, 0) is 0 Å². The van der Waals surface area contributed by atoms with E-state index in [-0.39, 0.29) is 0 Å². The smallest absolute Gasteiger partial charge is 0.0413 e. The summed E-state index contributed by atoms with van der Waals surface area (Å²) in [4.78, 5) is 0. The van der Waals surface area contributed by atoms with Crippen LogP contribution in [0.1, 0.15) is 13.8 Å². The largest absolute Gasteiger partial charge is 0.329 e. The van der Waals surface area contributed by atoms with Crippen molar-refractivity contribution >= 4 is 0 Å². The quantitative estimate of drug-likeness (QED) is 0.521. The highest BCUT2D eigenvalue weighted by Gasteiger charge is 2.07. The summed E-state index contributed by atoms with van der Waals surface area (Å²) < 4.78 is 0. The minimum absolute atomic E-state index is 0.678. The molecule has 0 aromatic carbocycles. The van der Waals surface area contributed by atoms with Gasteiger partial charge < -0.3 is 5.73 Å². The predicted molar refractivity (Wildman–Crippen MR) is 47.7 cm³/mol. The van der Waals surface area contributed by atoms with Gasteiger partial charge >= 0.3 is 0 Å². The van der Waals surface area contributed by atoms with Gasteiger partial charge in [0.1, 0.15) is 0 Å². The lowest BCUT2D eigenvalue weighted by Crippen LogP contribution is -2.51. The lowest BCUT2D eigenvalue weighted by atomic mass is 10.6. The standard InChI is InChI=1S/C7H20N4/c1-4-10(5-2)11(9-3)7-6-8/h9H,4-8H2,1-3H3. The van der Waals surface area contributed by atoms with Crippen LogP contribution in [0.15, 0.2) is 0 Å². The summed E-state index contributed by atoms with van der Waals surface area (Å²) in [6.07, 6.45) is 0. The SMILES string of the molecule is CCN(CC)N(CCN)NC. The monoisotopic (exact) mass is 160 g/mol. The molecule has 0 heterocycles. The Morgan fingerprint density at radius 1 is 1.27 bits per heavy atom. The highest BCUT2D eigenvalue weighted by molar-refractivity contribution is 4.49. The van der Waals surface area contributed by atoms with Crippen molar-refractivity contribution in [2.24, 2.45) is 5.73 Å². The van der Waals surface area contributed by atoms with Crippen molar-refractivity contribution in [3.63, 3.8) is 0 Å². The van der Waals surface area contributed by atoms with Gasteiger partial charge in [-0.25, -0.2) is 10.4 Å². The van der Waals surface area contributed by atoms with Crippen molar-refractivity contribution in [1.29, 1.82) is 0 Å². The molecule has 0 saturated carbocycles. The van der Waals surface area contributed by atoms with Gasteiger partial charge in [0.2, 0.25) is 0 Å².